The van der Waals surface area contributed by atoms with Gasteiger partial charge in [0, 0.05) is 68.9 Å². The summed E-state index contributed by atoms with van der Waals surface area (Å²) >= 11 is 0. The minimum atomic E-state index is 0.102. The van der Waals surface area contributed by atoms with Crippen molar-refractivity contribution < 1.29 is 4.79 Å². The summed E-state index contributed by atoms with van der Waals surface area (Å²) in [7, 11) is 0. The van der Waals surface area contributed by atoms with Crippen LogP contribution in [0.3, 0.4) is 0 Å². The van der Waals surface area contributed by atoms with Gasteiger partial charge in [-0.2, -0.15) is 4.98 Å². The average molecular weight is 390 g/mol. The summed E-state index contributed by atoms with van der Waals surface area (Å²) in [5.74, 6) is 1.92. The van der Waals surface area contributed by atoms with Crippen LogP contribution in [0.15, 0.2) is 42.7 Å². The Morgan fingerprint density at radius 1 is 0.931 bits per heavy atom. The van der Waals surface area contributed by atoms with Crippen LogP contribution in [-0.4, -0.2) is 64.4 Å². The lowest BCUT2D eigenvalue weighted by Crippen LogP contribution is -2.49. The van der Waals surface area contributed by atoms with Crippen molar-refractivity contribution in [2.75, 3.05) is 49.1 Å². The number of aromatic nitrogens is 3. The number of aryl methyl sites for hydroxylation is 1. The normalized spacial score (nSPS) is 17.3. The second kappa shape index (κ2) is 7.39. The van der Waals surface area contributed by atoms with E-state index in [1.807, 2.05) is 52.9 Å². The van der Waals surface area contributed by atoms with Crippen LogP contribution < -0.4 is 9.80 Å². The number of carbonyl (C=O) groups excluding carboxylic acids is 1. The first-order valence-electron chi connectivity index (χ1n) is 10.4. The molecular formula is C22H26N6O. The Morgan fingerprint density at radius 3 is 2.48 bits per heavy atom. The summed E-state index contributed by atoms with van der Waals surface area (Å²) in [5.41, 5.74) is 2.79. The molecule has 2 fully saturated rings. The van der Waals surface area contributed by atoms with Gasteiger partial charge in [-0.25, -0.2) is 4.98 Å². The highest BCUT2D eigenvalue weighted by Crippen LogP contribution is 2.22. The molecule has 0 aliphatic carbocycles. The number of nitrogens with zero attached hydrogens (tertiary/aromatic N) is 6. The van der Waals surface area contributed by atoms with E-state index < -0.39 is 0 Å². The minimum absolute atomic E-state index is 0.102. The lowest BCUT2D eigenvalue weighted by Gasteiger charge is -2.35. The number of rotatable bonds is 3. The molecular weight excluding hydrogens is 364 g/mol. The van der Waals surface area contributed by atoms with Crippen LogP contribution in [0.4, 0.5) is 11.8 Å². The lowest BCUT2D eigenvalue weighted by atomic mass is 10.2. The molecule has 0 spiro atoms. The highest BCUT2D eigenvalue weighted by molar-refractivity contribution is 5.95. The highest BCUT2D eigenvalue weighted by atomic mass is 16.2. The van der Waals surface area contributed by atoms with Gasteiger partial charge >= 0.3 is 0 Å². The zero-order valence-electron chi connectivity index (χ0n) is 16.8. The molecule has 2 aliphatic rings. The highest BCUT2D eigenvalue weighted by Gasteiger charge is 2.25. The van der Waals surface area contributed by atoms with Crippen LogP contribution in [0.25, 0.3) is 5.52 Å². The second-order valence-corrected chi connectivity index (χ2v) is 7.90. The first-order valence-corrected chi connectivity index (χ1v) is 10.4. The first-order chi connectivity index (χ1) is 14.2. The molecule has 2 saturated heterocycles. The molecule has 29 heavy (non-hydrogen) atoms. The molecule has 0 bridgehead atoms. The van der Waals surface area contributed by atoms with E-state index in [2.05, 4.69) is 20.9 Å². The summed E-state index contributed by atoms with van der Waals surface area (Å²) in [6.07, 6.45) is 6.31. The van der Waals surface area contributed by atoms with E-state index in [1.165, 1.54) is 12.8 Å². The molecule has 7 nitrogen and oxygen atoms in total. The SMILES string of the molecule is Cc1cc(N2CCN(C(=O)c3cc4ccccn4c3)CC2)nc(N2CCCC2)n1. The van der Waals surface area contributed by atoms with Crippen molar-refractivity contribution in [2.24, 2.45) is 0 Å². The van der Waals surface area contributed by atoms with Crippen LogP contribution in [0.5, 0.6) is 0 Å². The van der Waals surface area contributed by atoms with Crippen LogP contribution in [0.2, 0.25) is 0 Å². The van der Waals surface area contributed by atoms with Crippen LogP contribution in [0, 0.1) is 6.92 Å². The van der Waals surface area contributed by atoms with Crippen molar-refractivity contribution in [3.8, 4) is 0 Å². The number of anilines is 2. The number of carbonyl (C=O) groups is 1. The van der Waals surface area contributed by atoms with Crippen molar-refractivity contribution in [2.45, 2.75) is 19.8 Å². The Bertz CT molecular complexity index is 998. The van der Waals surface area contributed by atoms with E-state index in [4.69, 9.17) is 4.98 Å². The molecule has 0 saturated carbocycles. The average Bonchev–Trinajstić information content (AvgIpc) is 3.43. The largest absolute Gasteiger partial charge is 0.353 e. The number of hydrogen-bond donors (Lipinski definition) is 0. The van der Waals surface area contributed by atoms with Crippen molar-refractivity contribution in [1.82, 2.24) is 19.3 Å². The monoisotopic (exact) mass is 390 g/mol. The third-order valence-electron chi connectivity index (χ3n) is 5.86. The molecule has 7 heteroatoms. The summed E-state index contributed by atoms with van der Waals surface area (Å²) < 4.78 is 1.99. The Labute approximate surface area is 170 Å². The summed E-state index contributed by atoms with van der Waals surface area (Å²) in [4.78, 5) is 28.9. The van der Waals surface area contributed by atoms with E-state index in [9.17, 15) is 4.79 Å². The molecule has 5 heterocycles. The van der Waals surface area contributed by atoms with Gasteiger partial charge in [0.15, 0.2) is 0 Å². The van der Waals surface area contributed by atoms with Gasteiger partial charge in [-0.3, -0.25) is 4.79 Å². The Hall–Kier alpha value is -3.09. The van der Waals surface area contributed by atoms with Gasteiger partial charge in [0.25, 0.3) is 5.91 Å². The third-order valence-corrected chi connectivity index (χ3v) is 5.86. The molecule has 0 N–H and O–H groups in total. The van der Waals surface area contributed by atoms with E-state index in [-0.39, 0.29) is 5.91 Å². The minimum Gasteiger partial charge on any atom is -0.353 e. The van der Waals surface area contributed by atoms with E-state index in [0.717, 1.165) is 54.7 Å². The number of fused-ring (bicyclic) bond motifs is 1. The zero-order valence-corrected chi connectivity index (χ0v) is 16.8. The van der Waals surface area contributed by atoms with Crippen LogP contribution in [-0.2, 0) is 0 Å². The standard InChI is InChI=1S/C22H26N6O/c1-17-14-20(24-22(23-17)27-7-4-5-8-27)25-10-12-26(13-11-25)21(29)18-15-19-6-2-3-9-28(19)16-18/h2-3,6,9,14-16H,4-5,7-8,10-13H2,1H3. The summed E-state index contributed by atoms with van der Waals surface area (Å²) in [5, 5.41) is 0. The zero-order chi connectivity index (χ0) is 19.8. The molecule has 2 aliphatic heterocycles. The fourth-order valence-electron chi connectivity index (χ4n) is 4.25. The number of hydrogen-bond acceptors (Lipinski definition) is 5. The smallest absolute Gasteiger partial charge is 0.255 e. The number of amides is 1. The quantitative estimate of drug-likeness (QED) is 0.688. The lowest BCUT2D eigenvalue weighted by molar-refractivity contribution is 0.0746. The van der Waals surface area contributed by atoms with Gasteiger partial charge in [0.1, 0.15) is 5.82 Å². The molecule has 1 amide bonds. The third kappa shape index (κ3) is 3.52. The Balaban J connectivity index is 1.28. The first kappa shape index (κ1) is 18.0. The van der Waals surface area contributed by atoms with Gasteiger partial charge in [-0.15, -0.1) is 0 Å². The summed E-state index contributed by atoms with van der Waals surface area (Å²) in [6, 6.07) is 10.00. The molecule has 0 atom stereocenters. The number of piperazine rings is 1. The van der Waals surface area contributed by atoms with Gasteiger partial charge < -0.3 is 19.1 Å². The maximum atomic E-state index is 13.0. The van der Waals surface area contributed by atoms with Crippen molar-refractivity contribution in [3.63, 3.8) is 0 Å². The van der Waals surface area contributed by atoms with Gasteiger partial charge in [-0.1, -0.05) is 6.07 Å². The molecule has 150 valence electrons. The van der Waals surface area contributed by atoms with Gasteiger partial charge in [0.2, 0.25) is 5.95 Å². The van der Waals surface area contributed by atoms with E-state index in [1.54, 1.807) is 0 Å². The topological polar surface area (TPSA) is 57.0 Å². The molecule has 3 aromatic heterocycles. The van der Waals surface area contributed by atoms with E-state index in [0.29, 0.717) is 13.1 Å². The molecule has 0 aromatic carbocycles. The van der Waals surface area contributed by atoms with Crippen molar-refractivity contribution in [3.05, 3.63) is 54.0 Å². The van der Waals surface area contributed by atoms with Crippen LogP contribution >= 0.6 is 0 Å². The molecule has 0 radical (unpaired) electrons. The maximum Gasteiger partial charge on any atom is 0.255 e. The summed E-state index contributed by atoms with van der Waals surface area (Å²) in [6.45, 7) is 7.08. The maximum absolute atomic E-state index is 13.0. The van der Waals surface area contributed by atoms with Crippen LogP contribution in [0.1, 0.15) is 28.9 Å². The number of pyridine rings is 1. The fourth-order valence-corrected chi connectivity index (χ4v) is 4.25. The molecule has 0 unspecified atom stereocenters. The second-order valence-electron chi connectivity index (χ2n) is 7.90. The predicted octanol–water partition coefficient (Wildman–Crippen LogP) is 2.60. The molecule has 5 rings (SSSR count). The van der Waals surface area contributed by atoms with Gasteiger partial charge in [0.05, 0.1) is 5.56 Å². The van der Waals surface area contributed by atoms with Gasteiger partial charge in [-0.05, 0) is 38.0 Å². The predicted molar refractivity (Wildman–Crippen MR) is 114 cm³/mol. The molecule has 3 aromatic rings. The Kier molecular flexibility index (Phi) is 4.58. The Morgan fingerprint density at radius 2 is 1.72 bits per heavy atom. The van der Waals surface area contributed by atoms with E-state index >= 15 is 0 Å². The van der Waals surface area contributed by atoms with Crippen molar-refractivity contribution >= 4 is 23.2 Å². The van der Waals surface area contributed by atoms with Crippen molar-refractivity contribution in [1.29, 1.82) is 0 Å². The fraction of sp³-hybridized carbons (Fsp3) is 0.409.